The van der Waals surface area contributed by atoms with Gasteiger partial charge < -0.3 is 0 Å². The zero-order chi connectivity index (χ0) is 22.4. The molecule has 0 saturated heterocycles. The lowest BCUT2D eigenvalue weighted by Crippen LogP contribution is -2.20. The molecule has 0 atom stereocenters. The minimum absolute atomic E-state index is 0.00188. The number of aromatic nitrogens is 1. The van der Waals surface area contributed by atoms with Crippen LogP contribution in [0.5, 0.6) is 0 Å². The van der Waals surface area contributed by atoms with Crippen LogP contribution in [0.25, 0.3) is 33.2 Å². The molecule has 0 saturated carbocycles. The lowest BCUT2D eigenvalue weighted by molar-refractivity contribution is 0.695. The SMILES string of the molecule is Cc1cc(C)c2cnc(-c3cccc4c3C(C)(C)C3=C4C(C)(C)c4ccccc43)cc2c1. The highest BCUT2D eigenvalue weighted by Gasteiger charge is 2.50. The van der Waals surface area contributed by atoms with Gasteiger partial charge in [0, 0.05) is 28.0 Å². The van der Waals surface area contributed by atoms with E-state index in [1.807, 2.05) is 0 Å². The van der Waals surface area contributed by atoms with Gasteiger partial charge in [-0.05, 0) is 64.3 Å². The van der Waals surface area contributed by atoms with E-state index < -0.39 is 0 Å². The van der Waals surface area contributed by atoms with E-state index in [2.05, 4.69) is 108 Å². The van der Waals surface area contributed by atoms with Crippen LogP contribution >= 0.6 is 0 Å². The molecule has 0 radical (unpaired) electrons. The van der Waals surface area contributed by atoms with E-state index in [0.717, 1.165) is 5.69 Å². The van der Waals surface area contributed by atoms with Crippen LogP contribution < -0.4 is 0 Å². The number of aryl methyl sites for hydroxylation is 2. The van der Waals surface area contributed by atoms with E-state index in [9.17, 15) is 0 Å². The first kappa shape index (κ1) is 19.5. The summed E-state index contributed by atoms with van der Waals surface area (Å²) in [5.41, 5.74) is 13.5. The number of hydrogen-bond donors (Lipinski definition) is 0. The molecule has 0 amide bonds. The van der Waals surface area contributed by atoms with Gasteiger partial charge in [-0.3, -0.25) is 4.98 Å². The zero-order valence-electron chi connectivity index (χ0n) is 19.8. The van der Waals surface area contributed by atoms with Gasteiger partial charge in [-0.15, -0.1) is 0 Å². The Morgan fingerprint density at radius 2 is 1.38 bits per heavy atom. The summed E-state index contributed by atoms with van der Waals surface area (Å²) in [6, 6.07) is 22.6. The summed E-state index contributed by atoms with van der Waals surface area (Å²) in [5, 5.41) is 2.51. The summed E-state index contributed by atoms with van der Waals surface area (Å²) >= 11 is 0. The van der Waals surface area contributed by atoms with Gasteiger partial charge >= 0.3 is 0 Å². The van der Waals surface area contributed by atoms with Crippen molar-refractivity contribution < 1.29 is 0 Å². The third-order valence-corrected chi connectivity index (χ3v) is 7.79. The van der Waals surface area contributed by atoms with Crippen LogP contribution in [-0.2, 0) is 10.8 Å². The van der Waals surface area contributed by atoms with Crippen molar-refractivity contribution in [3.8, 4) is 11.3 Å². The molecule has 0 aliphatic heterocycles. The first-order chi connectivity index (χ1) is 15.2. The topological polar surface area (TPSA) is 12.9 Å². The molecule has 1 nitrogen and oxygen atoms in total. The maximum absolute atomic E-state index is 4.97. The van der Waals surface area contributed by atoms with E-state index in [0.29, 0.717) is 0 Å². The Hall–Kier alpha value is -3.19. The van der Waals surface area contributed by atoms with Crippen LogP contribution in [-0.4, -0.2) is 4.98 Å². The van der Waals surface area contributed by atoms with Crippen molar-refractivity contribution >= 4 is 21.9 Å². The van der Waals surface area contributed by atoms with Crippen LogP contribution in [0.15, 0.2) is 66.9 Å². The monoisotopic (exact) mass is 415 g/mol. The largest absolute Gasteiger partial charge is 0.256 e. The minimum atomic E-state index is -0.0791. The number of benzene rings is 3. The van der Waals surface area contributed by atoms with Gasteiger partial charge in [0.25, 0.3) is 0 Å². The first-order valence-electron chi connectivity index (χ1n) is 11.6. The van der Waals surface area contributed by atoms with Gasteiger partial charge in [-0.1, -0.05) is 87.9 Å². The highest BCUT2D eigenvalue weighted by atomic mass is 14.7. The summed E-state index contributed by atoms with van der Waals surface area (Å²) < 4.78 is 0. The van der Waals surface area contributed by atoms with Gasteiger partial charge in [-0.25, -0.2) is 0 Å². The Bertz CT molecular complexity index is 1480. The molecule has 2 aliphatic carbocycles. The second-order valence-corrected chi connectivity index (χ2v) is 10.6. The molecule has 2 aliphatic rings. The summed E-state index contributed by atoms with van der Waals surface area (Å²) in [5.74, 6) is 0. The Morgan fingerprint density at radius 3 is 2.19 bits per heavy atom. The molecular formula is C31H29N. The molecule has 4 aromatic rings. The molecule has 0 spiro atoms. The number of nitrogens with zero attached hydrogens (tertiary/aromatic N) is 1. The summed E-state index contributed by atoms with van der Waals surface area (Å²) in [6.07, 6.45) is 2.06. The van der Waals surface area contributed by atoms with Gasteiger partial charge in [0.15, 0.2) is 0 Å². The van der Waals surface area contributed by atoms with Crippen LogP contribution in [0.3, 0.4) is 0 Å². The second kappa shape index (κ2) is 6.19. The molecule has 1 aromatic heterocycles. The van der Waals surface area contributed by atoms with Gasteiger partial charge in [0.1, 0.15) is 0 Å². The zero-order valence-corrected chi connectivity index (χ0v) is 19.8. The van der Waals surface area contributed by atoms with Crippen molar-refractivity contribution in [2.24, 2.45) is 0 Å². The summed E-state index contributed by atoms with van der Waals surface area (Å²) in [7, 11) is 0. The maximum Gasteiger partial charge on any atom is 0.0711 e. The second-order valence-electron chi connectivity index (χ2n) is 10.6. The van der Waals surface area contributed by atoms with Crippen molar-refractivity contribution in [2.45, 2.75) is 52.4 Å². The quantitative estimate of drug-likeness (QED) is 0.307. The van der Waals surface area contributed by atoms with Crippen LogP contribution in [0.1, 0.15) is 61.1 Å². The van der Waals surface area contributed by atoms with Crippen LogP contribution in [0.4, 0.5) is 0 Å². The van der Waals surface area contributed by atoms with Crippen molar-refractivity contribution in [2.75, 3.05) is 0 Å². The molecule has 3 aromatic carbocycles. The highest BCUT2D eigenvalue weighted by Crippen LogP contribution is 2.63. The van der Waals surface area contributed by atoms with E-state index in [1.54, 1.807) is 0 Å². The molecular weight excluding hydrogens is 386 g/mol. The van der Waals surface area contributed by atoms with Crippen molar-refractivity contribution in [1.29, 1.82) is 0 Å². The molecule has 0 unspecified atom stereocenters. The Labute approximate surface area is 190 Å². The number of rotatable bonds is 1. The Kier molecular flexibility index (Phi) is 3.77. The number of fused-ring (bicyclic) bond motifs is 5. The molecule has 32 heavy (non-hydrogen) atoms. The Morgan fingerprint density at radius 1 is 0.688 bits per heavy atom. The fraction of sp³-hybridized carbons (Fsp3) is 0.258. The van der Waals surface area contributed by atoms with Crippen LogP contribution in [0, 0.1) is 13.8 Å². The van der Waals surface area contributed by atoms with Gasteiger partial charge in [0.05, 0.1) is 5.69 Å². The lowest BCUT2D eigenvalue weighted by Gasteiger charge is -2.29. The van der Waals surface area contributed by atoms with Gasteiger partial charge in [-0.2, -0.15) is 0 Å². The smallest absolute Gasteiger partial charge is 0.0711 e. The fourth-order valence-corrected chi connectivity index (χ4v) is 6.49. The minimum Gasteiger partial charge on any atom is -0.256 e. The predicted molar refractivity (Wildman–Crippen MR) is 136 cm³/mol. The van der Waals surface area contributed by atoms with E-state index in [4.69, 9.17) is 4.98 Å². The van der Waals surface area contributed by atoms with Crippen molar-refractivity contribution in [3.05, 3.63) is 100 Å². The number of pyridine rings is 1. The molecule has 158 valence electrons. The average Bonchev–Trinajstić information content (AvgIpc) is 3.15. The molecule has 0 fully saturated rings. The first-order valence-corrected chi connectivity index (χ1v) is 11.6. The average molecular weight is 416 g/mol. The molecule has 0 N–H and O–H groups in total. The third kappa shape index (κ3) is 2.37. The molecule has 1 heterocycles. The number of allylic oxidation sites excluding steroid dienone is 2. The molecule has 6 rings (SSSR count). The number of hydrogen-bond acceptors (Lipinski definition) is 1. The van der Waals surface area contributed by atoms with E-state index in [-0.39, 0.29) is 10.8 Å². The molecule has 0 bridgehead atoms. The van der Waals surface area contributed by atoms with Gasteiger partial charge in [0.2, 0.25) is 0 Å². The highest BCUT2D eigenvalue weighted by molar-refractivity contribution is 6.10. The normalized spacial score (nSPS) is 17.4. The predicted octanol–water partition coefficient (Wildman–Crippen LogP) is 8.01. The van der Waals surface area contributed by atoms with E-state index >= 15 is 0 Å². The summed E-state index contributed by atoms with van der Waals surface area (Å²) in [4.78, 5) is 4.97. The standard InChI is InChI=1S/C31H29N/c1-18-14-19(2)24-17-32-26(16-20(24)15-18)22-11-9-12-23-27(22)31(5,6)28-21-10-7-8-13-25(21)30(3,4)29(23)28/h7-17H,1-6H3. The fourth-order valence-electron chi connectivity index (χ4n) is 6.49. The van der Waals surface area contributed by atoms with Crippen LogP contribution in [0.2, 0.25) is 0 Å². The van der Waals surface area contributed by atoms with E-state index in [1.165, 1.54) is 60.9 Å². The Balaban J connectivity index is 1.61. The molecule has 1 heteroatoms. The maximum atomic E-state index is 4.97. The lowest BCUT2D eigenvalue weighted by atomic mass is 9.74. The van der Waals surface area contributed by atoms with Crippen molar-refractivity contribution in [1.82, 2.24) is 4.98 Å². The third-order valence-electron chi connectivity index (χ3n) is 7.79. The van der Waals surface area contributed by atoms with Crippen molar-refractivity contribution in [3.63, 3.8) is 0 Å². The summed E-state index contributed by atoms with van der Waals surface area (Å²) in [6.45, 7) is 13.9.